The summed E-state index contributed by atoms with van der Waals surface area (Å²) in [4.78, 5) is 99.3. The van der Waals surface area contributed by atoms with Crippen molar-refractivity contribution in [3.8, 4) is 40.3 Å². The number of benzene rings is 2. The summed E-state index contributed by atoms with van der Waals surface area (Å²) in [6.07, 6.45) is -6.27. The van der Waals surface area contributed by atoms with Crippen LogP contribution in [0.2, 0.25) is 0 Å². The smallest absolute Gasteiger partial charge is 0.497 e. The monoisotopic (exact) mass is 1050 g/mol. The van der Waals surface area contributed by atoms with E-state index in [-0.39, 0.29) is 41.1 Å². The summed E-state index contributed by atoms with van der Waals surface area (Å²) in [5.74, 6) is -2.13. The van der Waals surface area contributed by atoms with Crippen molar-refractivity contribution >= 4 is 28.0 Å². The molecule has 32 heteroatoms. The maximum Gasteiger partial charge on any atom is 0.508 e. The van der Waals surface area contributed by atoms with Gasteiger partial charge >= 0.3 is 12.1 Å². The van der Waals surface area contributed by atoms with Gasteiger partial charge in [0.05, 0.1) is 20.8 Å². The van der Waals surface area contributed by atoms with Crippen molar-refractivity contribution in [2.45, 2.75) is 75.2 Å². The number of carbonyl (C=O) groups is 2. The molecule has 0 radical (unpaired) electrons. The van der Waals surface area contributed by atoms with Crippen LogP contribution in [0.1, 0.15) is 52.0 Å². The first-order valence-electron chi connectivity index (χ1n) is 21.2. The van der Waals surface area contributed by atoms with Crippen LogP contribution in [-0.2, 0) is 53.8 Å². The highest BCUT2D eigenvalue weighted by Crippen LogP contribution is 2.42. The van der Waals surface area contributed by atoms with Crippen molar-refractivity contribution in [2.75, 3.05) is 52.0 Å². The molecule has 73 heavy (non-hydrogen) atoms. The number of pyridine rings is 1. The Balaban J connectivity index is 1.74. The highest BCUT2D eigenvalue weighted by atomic mass is 32.2. The molecule has 31 nitrogen and oxygen atoms in total. The predicted octanol–water partition coefficient (Wildman–Crippen LogP) is 5.02. The number of methoxy groups -OCH3 is 2. The van der Waals surface area contributed by atoms with Crippen molar-refractivity contribution in [1.82, 2.24) is 15.0 Å². The number of nitrogens with zero attached hydrogens (tertiary/aromatic N) is 7. The average molecular weight is 1050 g/mol. The molecule has 2 aromatic heterocycles. The molecular formula is C41H48N8O23S. The number of esters is 1. The van der Waals surface area contributed by atoms with Crippen molar-refractivity contribution in [1.29, 1.82) is 0 Å². The molecule has 0 fully saturated rings. The van der Waals surface area contributed by atoms with Gasteiger partial charge in [0, 0.05) is 24.6 Å². The second kappa shape index (κ2) is 26.9. The highest BCUT2D eigenvalue weighted by molar-refractivity contribution is 7.92. The van der Waals surface area contributed by atoms with E-state index in [0.29, 0.717) is 5.75 Å². The van der Waals surface area contributed by atoms with Gasteiger partial charge in [0.25, 0.3) is 36.2 Å². The second-order valence-electron chi connectivity index (χ2n) is 15.7. The molecule has 1 N–H and O–H groups in total. The molecule has 3 atom stereocenters. The molecule has 396 valence electrons. The molecule has 0 spiro atoms. The third kappa shape index (κ3) is 19.1. The summed E-state index contributed by atoms with van der Waals surface area (Å²) < 4.78 is 69.3. The Morgan fingerprint density at radius 2 is 1.36 bits per heavy atom. The van der Waals surface area contributed by atoms with Crippen LogP contribution in [0.5, 0.6) is 28.9 Å². The fourth-order valence-corrected chi connectivity index (χ4v) is 6.82. The summed E-state index contributed by atoms with van der Waals surface area (Å²) in [6.45, 7) is 1.65. The molecule has 0 aliphatic carbocycles. The van der Waals surface area contributed by atoms with E-state index in [1.807, 2.05) is 20.8 Å². The molecular weight excluding hydrogens is 1000 g/mol. The van der Waals surface area contributed by atoms with Gasteiger partial charge in [-0.05, 0) is 66.3 Å². The molecule has 0 bridgehead atoms. The first-order valence-corrected chi connectivity index (χ1v) is 22.7. The van der Waals surface area contributed by atoms with E-state index in [0.717, 1.165) is 5.56 Å². The Bertz CT molecular complexity index is 2640. The first kappa shape index (κ1) is 56.7. The lowest BCUT2D eigenvalue weighted by Gasteiger charge is -2.21. The third-order valence-corrected chi connectivity index (χ3v) is 10.7. The molecule has 0 aliphatic heterocycles. The number of para-hydroxylation sites is 2. The van der Waals surface area contributed by atoms with Gasteiger partial charge in [0.15, 0.2) is 34.3 Å². The summed E-state index contributed by atoms with van der Waals surface area (Å²) in [5.41, 5.74) is 0.633. The molecule has 0 amide bonds. The quantitative estimate of drug-likeness (QED) is 0.0392. The number of anilines is 1. The minimum absolute atomic E-state index is 0.00317. The van der Waals surface area contributed by atoms with E-state index in [1.165, 1.54) is 38.6 Å². The first-order chi connectivity index (χ1) is 34.6. The number of hydrogen-bond donors (Lipinski definition) is 1. The van der Waals surface area contributed by atoms with Crippen LogP contribution >= 0.6 is 0 Å². The number of aromatic nitrogens is 3. The van der Waals surface area contributed by atoms with Crippen LogP contribution < -0.4 is 23.7 Å². The highest BCUT2D eigenvalue weighted by Gasteiger charge is 2.29. The van der Waals surface area contributed by atoms with Gasteiger partial charge in [0.1, 0.15) is 44.4 Å². The maximum atomic E-state index is 14.1. The fraction of sp³-hybridized carbons (Fsp3) is 0.439. The van der Waals surface area contributed by atoms with Gasteiger partial charge in [-0.25, -0.2) is 14.8 Å². The predicted molar refractivity (Wildman–Crippen MR) is 242 cm³/mol. The zero-order valence-corrected chi connectivity index (χ0v) is 40.2. The van der Waals surface area contributed by atoms with Crippen molar-refractivity contribution in [3.63, 3.8) is 0 Å². The number of nitrogens with one attached hydrogen (secondary N) is 1. The zero-order valence-electron chi connectivity index (χ0n) is 39.4. The minimum atomic E-state index is -4.60. The maximum absolute atomic E-state index is 14.1. The number of rotatable bonds is 31. The van der Waals surface area contributed by atoms with Gasteiger partial charge in [-0.2, -0.15) is 13.4 Å². The molecule has 2 heterocycles. The normalized spacial score (nSPS) is 12.3. The molecule has 4 rings (SSSR count). The van der Waals surface area contributed by atoms with Crippen LogP contribution in [0.25, 0.3) is 11.4 Å². The van der Waals surface area contributed by atoms with E-state index in [9.17, 15) is 58.5 Å². The minimum Gasteiger partial charge on any atom is -0.497 e. The van der Waals surface area contributed by atoms with Gasteiger partial charge < -0.3 is 52.5 Å². The van der Waals surface area contributed by atoms with Crippen LogP contribution in [0.3, 0.4) is 0 Å². The lowest BCUT2D eigenvalue weighted by atomic mass is 9.88. The number of carbonyl (C=O) groups excluding carboxylic acids is 2. The Hall–Kier alpha value is -8.84. The van der Waals surface area contributed by atoms with E-state index in [2.05, 4.69) is 39.0 Å². The van der Waals surface area contributed by atoms with Gasteiger partial charge in [-0.3, -0.25) is 9.52 Å². The van der Waals surface area contributed by atoms with Crippen LogP contribution in [0.15, 0.2) is 71.9 Å². The molecule has 4 aromatic rings. The third-order valence-electron chi connectivity index (χ3n) is 9.43. The number of hydrogen-bond acceptors (Lipinski definition) is 26. The topological polar surface area (TPSA) is 393 Å². The Morgan fingerprint density at radius 3 is 1.92 bits per heavy atom. The van der Waals surface area contributed by atoms with Gasteiger partial charge in [-0.15, -0.1) is 40.5 Å². The Labute approximate surface area is 413 Å². The van der Waals surface area contributed by atoms with Crippen LogP contribution in [0.4, 0.5) is 10.6 Å². The summed E-state index contributed by atoms with van der Waals surface area (Å²) >= 11 is 0. The standard InChI is InChI=1S/C41H48N8O23S/c1-41(2,3)27-15-18-34(42-21-27)73(60,61)45-38-36(70-33-11-7-6-10-32(33)63-5)39(44-37(43-38)26-13-16-28(62-4)17-14-26)65-22-31(69-35(50)12-8-9-29(71-48(56)57)24-67-46(52)53)23-66-40(51)64-20-19-30(72-49(58)59)25-68-47(54)55/h6-7,10-11,13-18,21,29-31H,8-9,12,19-20,22-25H2,1-5H3,(H,43,44,45). The van der Waals surface area contributed by atoms with E-state index in [1.54, 1.807) is 42.5 Å². The van der Waals surface area contributed by atoms with Crippen molar-refractivity contribution in [2.24, 2.45) is 0 Å². The van der Waals surface area contributed by atoms with Crippen molar-refractivity contribution in [3.05, 3.63) is 113 Å². The fourth-order valence-electron chi connectivity index (χ4n) is 5.88. The molecule has 0 saturated heterocycles. The molecule has 0 aliphatic rings. The Kier molecular flexibility index (Phi) is 20.9. The second-order valence-corrected chi connectivity index (χ2v) is 17.3. The van der Waals surface area contributed by atoms with Crippen molar-refractivity contribution < 1.29 is 90.9 Å². The number of sulfonamides is 1. The van der Waals surface area contributed by atoms with E-state index < -0.39 is 129 Å². The zero-order chi connectivity index (χ0) is 53.7. The lowest BCUT2D eigenvalue weighted by molar-refractivity contribution is -0.790. The largest absolute Gasteiger partial charge is 0.508 e. The molecule has 3 unspecified atom stereocenters. The molecule has 2 aromatic carbocycles. The summed E-state index contributed by atoms with van der Waals surface area (Å²) in [7, 11) is -1.83. The summed E-state index contributed by atoms with van der Waals surface area (Å²) in [6, 6.07) is 15.2. The lowest BCUT2D eigenvalue weighted by Crippen LogP contribution is -2.32. The number of ether oxygens (including phenoxy) is 7. The summed E-state index contributed by atoms with van der Waals surface area (Å²) in [5, 5.41) is 37.8. The Morgan fingerprint density at radius 1 is 0.726 bits per heavy atom. The van der Waals surface area contributed by atoms with E-state index >= 15 is 0 Å². The SMILES string of the molecule is COc1ccc(-c2nc(NS(=O)(=O)c3ccc(C(C)(C)C)cn3)c(Oc3ccccc3OC)c(OCC(COC(=O)OCCC(CO[N+](=O)[O-])O[N+](=O)[O-])OC(=O)CCCC(CO[N+](=O)[O-])O[N+](=O)[O-])n2)cc1. The van der Waals surface area contributed by atoms with Crippen LogP contribution in [0, 0.1) is 40.5 Å². The molecule has 0 saturated carbocycles. The average Bonchev–Trinajstić information content (AvgIpc) is 3.33. The van der Waals surface area contributed by atoms with Gasteiger partial charge in [-0.1, -0.05) is 39.0 Å². The van der Waals surface area contributed by atoms with E-state index in [4.69, 9.17) is 33.2 Å². The van der Waals surface area contributed by atoms with Crippen LogP contribution in [-0.4, -0.2) is 121 Å². The van der Waals surface area contributed by atoms with Gasteiger partial charge in [0.2, 0.25) is 5.75 Å².